The van der Waals surface area contributed by atoms with E-state index in [1.807, 2.05) is 6.07 Å². The highest BCUT2D eigenvalue weighted by Gasteiger charge is 2.27. The highest BCUT2D eigenvalue weighted by molar-refractivity contribution is 5.54. The summed E-state index contributed by atoms with van der Waals surface area (Å²) in [5.74, 6) is -0.147. The number of rotatable bonds is 1. The molecule has 3 rings (SSSR count). The fraction of sp³-hybridized carbons (Fsp3) is 0.538. The third kappa shape index (κ3) is 2.15. The van der Waals surface area contributed by atoms with Gasteiger partial charge in [0.2, 0.25) is 0 Å². The monoisotopic (exact) mass is 236 g/mol. The van der Waals surface area contributed by atoms with Gasteiger partial charge in [0.25, 0.3) is 0 Å². The maximum absolute atomic E-state index is 13.4. The van der Waals surface area contributed by atoms with Crippen LogP contribution in [0.3, 0.4) is 0 Å². The van der Waals surface area contributed by atoms with Crippen LogP contribution in [-0.2, 0) is 4.74 Å². The largest absolute Gasteiger partial charge is 0.385 e. The summed E-state index contributed by atoms with van der Waals surface area (Å²) in [7, 11) is 0. The van der Waals surface area contributed by atoms with Crippen molar-refractivity contribution in [2.75, 3.05) is 38.2 Å². The van der Waals surface area contributed by atoms with E-state index in [0.29, 0.717) is 6.04 Å². The van der Waals surface area contributed by atoms with Crippen LogP contribution in [0.2, 0.25) is 0 Å². The summed E-state index contributed by atoms with van der Waals surface area (Å²) in [5, 5.41) is 3.33. The highest BCUT2D eigenvalue weighted by Crippen LogP contribution is 2.34. The highest BCUT2D eigenvalue weighted by atomic mass is 19.1. The Hall–Kier alpha value is -1.13. The molecule has 0 aliphatic carbocycles. The Morgan fingerprint density at radius 3 is 2.94 bits per heavy atom. The van der Waals surface area contributed by atoms with Crippen molar-refractivity contribution in [3.8, 4) is 0 Å². The van der Waals surface area contributed by atoms with E-state index < -0.39 is 0 Å². The maximum atomic E-state index is 13.4. The minimum Gasteiger partial charge on any atom is -0.385 e. The smallest absolute Gasteiger partial charge is 0.123 e. The minimum atomic E-state index is -0.147. The number of hydrogen-bond donors (Lipinski definition) is 1. The SMILES string of the molecule is Fc1ccc2c(c1)C(N1CCOCC1)CCN2. The molecule has 0 radical (unpaired) electrons. The normalized spacial score (nSPS) is 25.1. The van der Waals surface area contributed by atoms with Crippen molar-refractivity contribution in [1.29, 1.82) is 0 Å². The van der Waals surface area contributed by atoms with Crippen LogP contribution >= 0.6 is 0 Å². The number of ether oxygens (including phenoxy) is 1. The van der Waals surface area contributed by atoms with E-state index in [1.165, 1.54) is 6.07 Å². The van der Waals surface area contributed by atoms with Crippen LogP contribution in [-0.4, -0.2) is 37.7 Å². The first kappa shape index (κ1) is 11.0. The molecule has 1 fully saturated rings. The van der Waals surface area contributed by atoms with Gasteiger partial charge in [-0.2, -0.15) is 0 Å². The Morgan fingerprint density at radius 1 is 1.29 bits per heavy atom. The molecule has 0 spiro atoms. The van der Waals surface area contributed by atoms with Crippen LogP contribution in [0.4, 0.5) is 10.1 Å². The number of hydrogen-bond acceptors (Lipinski definition) is 3. The zero-order valence-corrected chi connectivity index (χ0v) is 9.79. The van der Waals surface area contributed by atoms with Crippen LogP contribution in [0.15, 0.2) is 18.2 Å². The van der Waals surface area contributed by atoms with Gasteiger partial charge in [-0.1, -0.05) is 0 Å². The second kappa shape index (κ2) is 4.63. The van der Waals surface area contributed by atoms with Gasteiger partial charge in [-0.05, 0) is 30.2 Å². The second-order valence-corrected chi connectivity index (χ2v) is 4.61. The van der Waals surface area contributed by atoms with Gasteiger partial charge < -0.3 is 10.1 Å². The average Bonchev–Trinajstić information content (AvgIpc) is 2.39. The van der Waals surface area contributed by atoms with Crippen LogP contribution in [0, 0.1) is 5.82 Å². The lowest BCUT2D eigenvalue weighted by Crippen LogP contribution is -2.41. The van der Waals surface area contributed by atoms with Crippen molar-refractivity contribution in [3.05, 3.63) is 29.6 Å². The molecule has 4 heteroatoms. The Labute approximate surface area is 101 Å². The molecule has 0 saturated carbocycles. The predicted molar refractivity (Wildman–Crippen MR) is 64.6 cm³/mol. The van der Waals surface area contributed by atoms with E-state index in [4.69, 9.17) is 4.74 Å². The summed E-state index contributed by atoms with van der Waals surface area (Å²) in [5.41, 5.74) is 2.17. The number of nitrogens with one attached hydrogen (secondary N) is 1. The second-order valence-electron chi connectivity index (χ2n) is 4.61. The first-order chi connectivity index (χ1) is 8.34. The van der Waals surface area contributed by atoms with Crippen molar-refractivity contribution in [3.63, 3.8) is 0 Å². The molecule has 1 aromatic rings. The van der Waals surface area contributed by atoms with Crippen molar-refractivity contribution < 1.29 is 9.13 Å². The average molecular weight is 236 g/mol. The van der Waals surface area contributed by atoms with Gasteiger partial charge in [-0.25, -0.2) is 4.39 Å². The number of anilines is 1. The molecule has 1 N–H and O–H groups in total. The lowest BCUT2D eigenvalue weighted by molar-refractivity contribution is 0.0143. The standard InChI is InChI=1S/C13H17FN2O/c14-10-1-2-12-11(9-10)13(3-4-15-12)16-5-7-17-8-6-16/h1-2,9,13,15H,3-8H2. The molecule has 2 aliphatic heterocycles. The summed E-state index contributed by atoms with van der Waals surface area (Å²) in [4.78, 5) is 2.41. The Bertz CT molecular complexity index is 404. The quantitative estimate of drug-likeness (QED) is 0.807. The van der Waals surface area contributed by atoms with Crippen molar-refractivity contribution >= 4 is 5.69 Å². The van der Waals surface area contributed by atoms with E-state index in [0.717, 1.165) is 50.5 Å². The summed E-state index contributed by atoms with van der Waals surface area (Å²) in [6, 6.07) is 5.37. The zero-order valence-electron chi connectivity index (χ0n) is 9.79. The van der Waals surface area contributed by atoms with Crippen molar-refractivity contribution in [2.24, 2.45) is 0 Å². The van der Waals surface area contributed by atoms with E-state index in [-0.39, 0.29) is 5.82 Å². The molecule has 2 aliphatic rings. The third-order valence-corrected chi connectivity index (χ3v) is 3.59. The molecule has 1 unspecified atom stereocenters. The van der Waals surface area contributed by atoms with Gasteiger partial charge in [0, 0.05) is 31.4 Å². The molecule has 0 amide bonds. The molecule has 0 aromatic heterocycles. The van der Waals surface area contributed by atoms with Gasteiger partial charge in [0.1, 0.15) is 5.82 Å². The van der Waals surface area contributed by atoms with Crippen LogP contribution in [0.25, 0.3) is 0 Å². The Morgan fingerprint density at radius 2 is 2.12 bits per heavy atom. The molecule has 1 saturated heterocycles. The molecule has 1 aromatic carbocycles. The molecule has 17 heavy (non-hydrogen) atoms. The lowest BCUT2D eigenvalue weighted by atomic mass is 9.96. The minimum absolute atomic E-state index is 0.147. The number of benzene rings is 1. The van der Waals surface area contributed by atoms with Crippen LogP contribution in [0.5, 0.6) is 0 Å². The van der Waals surface area contributed by atoms with Gasteiger partial charge in [0.15, 0.2) is 0 Å². The van der Waals surface area contributed by atoms with E-state index in [9.17, 15) is 4.39 Å². The summed E-state index contributed by atoms with van der Waals surface area (Å²) in [6.07, 6.45) is 1.04. The molecule has 3 nitrogen and oxygen atoms in total. The third-order valence-electron chi connectivity index (χ3n) is 3.59. The number of nitrogens with zero attached hydrogens (tertiary/aromatic N) is 1. The lowest BCUT2D eigenvalue weighted by Gasteiger charge is -2.38. The number of fused-ring (bicyclic) bond motifs is 1. The van der Waals surface area contributed by atoms with Gasteiger partial charge in [-0.15, -0.1) is 0 Å². The molecule has 1 atom stereocenters. The first-order valence-electron chi connectivity index (χ1n) is 6.20. The van der Waals surface area contributed by atoms with Crippen LogP contribution in [0.1, 0.15) is 18.0 Å². The first-order valence-corrected chi connectivity index (χ1v) is 6.20. The topological polar surface area (TPSA) is 24.5 Å². The Balaban J connectivity index is 1.89. The molecule has 2 heterocycles. The van der Waals surface area contributed by atoms with Crippen molar-refractivity contribution in [2.45, 2.75) is 12.5 Å². The molecule has 0 bridgehead atoms. The fourth-order valence-electron chi connectivity index (χ4n) is 2.74. The van der Waals surface area contributed by atoms with Gasteiger partial charge in [-0.3, -0.25) is 4.90 Å². The van der Waals surface area contributed by atoms with Gasteiger partial charge >= 0.3 is 0 Å². The van der Waals surface area contributed by atoms with Crippen LogP contribution < -0.4 is 5.32 Å². The van der Waals surface area contributed by atoms with E-state index in [2.05, 4.69) is 10.2 Å². The summed E-state index contributed by atoms with van der Waals surface area (Å²) < 4.78 is 18.7. The zero-order chi connectivity index (χ0) is 11.7. The Kier molecular flexibility index (Phi) is 2.99. The summed E-state index contributed by atoms with van der Waals surface area (Å²) in [6.45, 7) is 4.42. The summed E-state index contributed by atoms with van der Waals surface area (Å²) >= 11 is 0. The molecular formula is C13H17FN2O. The van der Waals surface area contributed by atoms with E-state index in [1.54, 1.807) is 6.07 Å². The predicted octanol–water partition coefficient (Wildman–Crippen LogP) is 2.01. The molecular weight excluding hydrogens is 219 g/mol. The van der Waals surface area contributed by atoms with Gasteiger partial charge in [0.05, 0.1) is 13.2 Å². The number of halogens is 1. The molecule has 92 valence electrons. The number of morpholine rings is 1. The fourth-order valence-corrected chi connectivity index (χ4v) is 2.74. The van der Waals surface area contributed by atoms with E-state index >= 15 is 0 Å². The van der Waals surface area contributed by atoms with Crippen molar-refractivity contribution in [1.82, 2.24) is 4.90 Å². The maximum Gasteiger partial charge on any atom is 0.123 e.